The van der Waals surface area contributed by atoms with Crippen molar-refractivity contribution in [2.24, 2.45) is 17.8 Å². The first kappa shape index (κ1) is 20.5. The lowest BCUT2D eigenvalue weighted by Crippen LogP contribution is -2.37. The second-order valence-electron chi connectivity index (χ2n) is 6.28. The lowest BCUT2D eigenvalue weighted by atomic mass is 10.0. The van der Waals surface area contributed by atoms with Gasteiger partial charge in [-0.05, 0) is 18.9 Å². The van der Waals surface area contributed by atoms with Crippen molar-refractivity contribution in [2.75, 3.05) is 6.61 Å². The van der Waals surface area contributed by atoms with Crippen molar-refractivity contribution in [3.63, 3.8) is 0 Å². The number of hydrogen-bond donors (Lipinski definition) is 2. The van der Waals surface area contributed by atoms with Gasteiger partial charge in [-0.2, -0.15) is 5.10 Å². The Hall–Kier alpha value is -1.77. The van der Waals surface area contributed by atoms with Crippen LogP contribution in [0, 0.1) is 0 Å². The first-order valence-electron chi connectivity index (χ1n) is 8.95. The molecular weight excluding hydrogens is 441 g/mol. The van der Waals surface area contributed by atoms with Gasteiger partial charge in [-0.15, -0.1) is 24.0 Å². The van der Waals surface area contributed by atoms with Crippen molar-refractivity contribution in [1.82, 2.24) is 15.1 Å². The highest BCUT2D eigenvalue weighted by atomic mass is 127. The van der Waals surface area contributed by atoms with Crippen molar-refractivity contribution in [3.05, 3.63) is 46.8 Å². The van der Waals surface area contributed by atoms with Crippen LogP contribution in [0.25, 0.3) is 0 Å². The van der Waals surface area contributed by atoms with Gasteiger partial charge in [0, 0.05) is 30.3 Å². The lowest BCUT2D eigenvalue weighted by molar-refractivity contribution is 0.262. The summed E-state index contributed by atoms with van der Waals surface area (Å²) in [7, 11) is 1.99. The number of rotatable bonds is 5. The maximum Gasteiger partial charge on any atom is 0.189 e. The fourth-order valence-corrected chi connectivity index (χ4v) is 3.45. The van der Waals surface area contributed by atoms with E-state index in [4.69, 9.17) is 10.5 Å². The number of aryl methyl sites for hydroxylation is 2. The number of halogens is 1. The number of ether oxygens (including phenoxy) is 1. The highest BCUT2D eigenvalue weighted by Crippen LogP contribution is 2.31. The molecule has 26 heavy (non-hydrogen) atoms. The van der Waals surface area contributed by atoms with Crippen LogP contribution in [0.1, 0.15) is 48.8 Å². The van der Waals surface area contributed by atoms with Crippen LogP contribution in [0.4, 0.5) is 0 Å². The van der Waals surface area contributed by atoms with Gasteiger partial charge in [0.25, 0.3) is 0 Å². The molecular formula is C19H28IN5O. The normalized spacial score (nSPS) is 16.4. The topological polar surface area (TPSA) is 77.5 Å². The quantitative estimate of drug-likeness (QED) is 0.401. The summed E-state index contributed by atoms with van der Waals surface area (Å²) in [5.41, 5.74) is 10.8. The summed E-state index contributed by atoms with van der Waals surface area (Å²) in [5, 5.41) is 7.94. The summed E-state index contributed by atoms with van der Waals surface area (Å²) in [6.45, 7) is 5.51. The molecule has 7 heteroatoms. The summed E-state index contributed by atoms with van der Waals surface area (Å²) in [6.07, 6.45) is 2.72. The van der Waals surface area contributed by atoms with E-state index in [0.717, 1.165) is 36.3 Å². The largest absolute Gasteiger partial charge is 0.493 e. The van der Waals surface area contributed by atoms with Crippen LogP contribution in [-0.4, -0.2) is 22.3 Å². The molecule has 1 aliphatic rings. The van der Waals surface area contributed by atoms with Crippen molar-refractivity contribution < 1.29 is 4.74 Å². The minimum atomic E-state index is 0. The van der Waals surface area contributed by atoms with E-state index in [2.05, 4.69) is 35.3 Å². The summed E-state index contributed by atoms with van der Waals surface area (Å²) in [5.74, 6) is 1.39. The fraction of sp³-hybridized carbons (Fsp3) is 0.474. The van der Waals surface area contributed by atoms with E-state index in [9.17, 15) is 0 Å². The molecule has 1 unspecified atom stereocenters. The smallest absolute Gasteiger partial charge is 0.189 e. The summed E-state index contributed by atoms with van der Waals surface area (Å²) in [4.78, 5) is 4.58. The van der Waals surface area contributed by atoms with Crippen LogP contribution in [0.3, 0.4) is 0 Å². The molecule has 0 amide bonds. The van der Waals surface area contributed by atoms with Gasteiger partial charge in [-0.1, -0.05) is 32.0 Å². The lowest BCUT2D eigenvalue weighted by Gasteiger charge is -2.26. The zero-order chi connectivity index (χ0) is 17.8. The molecule has 1 aromatic carbocycles. The Morgan fingerprint density at radius 1 is 1.35 bits per heavy atom. The van der Waals surface area contributed by atoms with E-state index < -0.39 is 0 Å². The summed E-state index contributed by atoms with van der Waals surface area (Å²) < 4.78 is 7.66. The summed E-state index contributed by atoms with van der Waals surface area (Å²) in [6, 6.07) is 8.21. The average molecular weight is 469 g/mol. The maximum atomic E-state index is 6.17. The fourth-order valence-electron chi connectivity index (χ4n) is 3.45. The molecule has 1 aromatic heterocycles. The third kappa shape index (κ3) is 4.31. The molecule has 142 valence electrons. The molecule has 0 radical (unpaired) electrons. The van der Waals surface area contributed by atoms with E-state index in [1.807, 2.05) is 29.9 Å². The first-order valence-corrected chi connectivity index (χ1v) is 8.95. The maximum absolute atomic E-state index is 6.17. The van der Waals surface area contributed by atoms with Gasteiger partial charge in [0.15, 0.2) is 5.96 Å². The van der Waals surface area contributed by atoms with Crippen LogP contribution >= 0.6 is 24.0 Å². The zero-order valence-corrected chi connectivity index (χ0v) is 18.0. The van der Waals surface area contributed by atoms with Crippen LogP contribution < -0.4 is 15.8 Å². The van der Waals surface area contributed by atoms with Crippen LogP contribution in [0.5, 0.6) is 5.75 Å². The SMILES string of the molecule is CCc1nn(C)c(CC)c1CN=C(N)NC1CCOc2ccccc21.I. The van der Waals surface area contributed by atoms with Crippen molar-refractivity contribution in [1.29, 1.82) is 0 Å². The van der Waals surface area contributed by atoms with Gasteiger partial charge in [0.05, 0.1) is 24.9 Å². The first-order chi connectivity index (χ1) is 12.1. The van der Waals surface area contributed by atoms with Gasteiger partial charge < -0.3 is 15.8 Å². The molecule has 1 aliphatic heterocycles. The van der Waals surface area contributed by atoms with E-state index in [-0.39, 0.29) is 30.0 Å². The Labute approximate surface area is 172 Å². The highest BCUT2D eigenvalue weighted by molar-refractivity contribution is 14.0. The predicted octanol–water partition coefficient (Wildman–Crippen LogP) is 3.09. The third-order valence-corrected chi connectivity index (χ3v) is 4.72. The molecule has 0 fully saturated rings. The number of benzene rings is 1. The van der Waals surface area contributed by atoms with E-state index in [1.165, 1.54) is 11.3 Å². The number of nitrogens with zero attached hydrogens (tertiary/aromatic N) is 3. The second-order valence-corrected chi connectivity index (χ2v) is 6.28. The number of para-hydroxylation sites is 1. The van der Waals surface area contributed by atoms with E-state index in [0.29, 0.717) is 19.1 Å². The minimum absolute atomic E-state index is 0. The number of guanidine groups is 1. The number of nitrogens with one attached hydrogen (secondary N) is 1. The van der Waals surface area contributed by atoms with Crippen molar-refractivity contribution in [3.8, 4) is 5.75 Å². The molecule has 6 nitrogen and oxygen atoms in total. The number of aromatic nitrogens is 2. The van der Waals surface area contributed by atoms with Gasteiger partial charge in [-0.3, -0.25) is 4.68 Å². The van der Waals surface area contributed by atoms with Crippen LogP contribution in [-0.2, 0) is 26.4 Å². The van der Waals surface area contributed by atoms with E-state index in [1.54, 1.807) is 0 Å². The number of fused-ring (bicyclic) bond motifs is 1. The Bertz CT molecular complexity index is 771. The molecule has 1 atom stereocenters. The Kier molecular flexibility index (Phi) is 7.31. The standard InChI is InChI=1S/C19H27N5O.HI/c1-4-15-14(17(5-2)24(3)23-15)12-21-19(20)22-16-10-11-25-18-9-7-6-8-13(16)18;/h6-9,16H,4-5,10-12H2,1-3H3,(H3,20,21,22);1H. The number of nitrogens with two attached hydrogens (primary N) is 1. The Balaban J connectivity index is 0.00000243. The molecule has 3 N–H and O–H groups in total. The molecule has 0 bridgehead atoms. The molecule has 3 rings (SSSR count). The zero-order valence-electron chi connectivity index (χ0n) is 15.7. The summed E-state index contributed by atoms with van der Waals surface area (Å²) >= 11 is 0. The van der Waals surface area contributed by atoms with Crippen molar-refractivity contribution >= 4 is 29.9 Å². The number of hydrogen-bond acceptors (Lipinski definition) is 3. The van der Waals surface area contributed by atoms with E-state index >= 15 is 0 Å². The number of aliphatic imine (C=N–C) groups is 1. The van der Waals surface area contributed by atoms with Gasteiger partial charge in [0.1, 0.15) is 5.75 Å². The Morgan fingerprint density at radius 2 is 2.12 bits per heavy atom. The second kappa shape index (κ2) is 9.25. The highest BCUT2D eigenvalue weighted by Gasteiger charge is 2.21. The van der Waals surface area contributed by atoms with Crippen LogP contribution in [0.2, 0.25) is 0 Å². The van der Waals surface area contributed by atoms with Crippen LogP contribution in [0.15, 0.2) is 29.3 Å². The minimum Gasteiger partial charge on any atom is -0.493 e. The van der Waals surface area contributed by atoms with Gasteiger partial charge >= 0.3 is 0 Å². The monoisotopic (exact) mass is 469 g/mol. The molecule has 0 spiro atoms. The Morgan fingerprint density at radius 3 is 2.85 bits per heavy atom. The van der Waals surface area contributed by atoms with Crippen molar-refractivity contribution in [2.45, 2.75) is 45.7 Å². The predicted molar refractivity (Wildman–Crippen MR) is 115 cm³/mol. The van der Waals surface area contributed by atoms with Gasteiger partial charge in [0.2, 0.25) is 0 Å². The molecule has 0 saturated heterocycles. The molecule has 2 aromatic rings. The third-order valence-electron chi connectivity index (χ3n) is 4.72. The molecule has 2 heterocycles. The molecule has 0 saturated carbocycles. The molecule has 0 aliphatic carbocycles. The van der Waals surface area contributed by atoms with Gasteiger partial charge in [-0.25, -0.2) is 4.99 Å². The average Bonchev–Trinajstić information content (AvgIpc) is 2.95.